The van der Waals surface area contributed by atoms with Crippen molar-refractivity contribution in [2.45, 2.75) is 11.9 Å². The lowest BCUT2D eigenvalue weighted by atomic mass is 10.2. The molecular weight excluding hydrogens is 320 g/mol. The van der Waals surface area contributed by atoms with Crippen LogP contribution in [-0.4, -0.2) is 26.8 Å². The molecule has 5 nitrogen and oxygen atoms in total. The highest BCUT2D eigenvalue weighted by atomic mass is 32.2. The lowest BCUT2D eigenvalue weighted by Crippen LogP contribution is -2.14. The van der Waals surface area contributed by atoms with Gasteiger partial charge in [-0.25, -0.2) is 0 Å². The van der Waals surface area contributed by atoms with Gasteiger partial charge >= 0.3 is 0 Å². The van der Waals surface area contributed by atoms with Crippen LogP contribution in [0.15, 0.2) is 66.0 Å². The van der Waals surface area contributed by atoms with Gasteiger partial charge in [-0.1, -0.05) is 30.0 Å². The van der Waals surface area contributed by atoms with E-state index in [0.717, 1.165) is 22.5 Å². The Morgan fingerprint density at radius 1 is 1.04 bits per heavy atom. The van der Waals surface area contributed by atoms with Crippen LogP contribution in [0.1, 0.15) is 5.56 Å². The maximum Gasteiger partial charge on any atom is 0.234 e. The molecule has 0 fully saturated rings. The molecule has 0 saturated heterocycles. The number of benzene rings is 1. The summed E-state index contributed by atoms with van der Waals surface area (Å²) in [6.45, 7) is 1.96. The highest BCUT2D eigenvalue weighted by Gasteiger charge is 2.07. The summed E-state index contributed by atoms with van der Waals surface area (Å²) in [5.74, 6) is 0.228. The molecular formula is C18H16N4OS. The van der Waals surface area contributed by atoms with Crippen molar-refractivity contribution in [2.24, 2.45) is 0 Å². The van der Waals surface area contributed by atoms with Crippen LogP contribution in [0.2, 0.25) is 0 Å². The largest absolute Gasteiger partial charge is 0.325 e. The smallest absolute Gasteiger partial charge is 0.234 e. The number of hydrogen-bond donors (Lipinski definition) is 1. The van der Waals surface area contributed by atoms with Crippen LogP contribution in [-0.2, 0) is 4.79 Å². The van der Waals surface area contributed by atoms with Crippen molar-refractivity contribution in [1.29, 1.82) is 0 Å². The predicted molar refractivity (Wildman–Crippen MR) is 95.8 cm³/mol. The standard InChI is InChI=1S/C18H16N4OS/c1-13-4-2-3-5-15(13)20-17(23)12-24-18-7-6-16(21-22-18)14-8-10-19-11-9-14/h2-11H,12H2,1H3,(H,20,23). The average molecular weight is 336 g/mol. The summed E-state index contributed by atoms with van der Waals surface area (Å²) in [4.78, 5) is 16.0. The molecule has 0 bridgehead atoms. The minimum absolute atomic E-state index is 0.0608. The number of carbonyl (C=O) groups is 1. The van der Waals surface area contributed by atoms with Gasteiger partial charge < -0.3 is 5.32 Å². The van der Waals surface area contributed by atoms with Gasteiger partial charge in [0.2, 0.25) is 5.91 Å². The van der Waals surface area contributed by atoms with Gasteiger partial charge in [0.25, 0.3) is 0 Å². The van der Waals surface area contributed by atoms with Crippen LogP contribution >= 0.6 is 11.8 Å². The van der Waals surface area contributed by atoms with Crippen molar-refractivity contribution in [2.75, 3.05) is 11.1 Å². The fourth-order valence-electron chi connectivity index (χ4n) is 2.11. The van der Waals surface area contributed by atoms with Crippen LogP contribution in [0.5, 0.6) is 0 Å². The molecule has 3 rings (SSSR count). The molecule has 0 aliphatic carbocycles. The molecule has 2 heterocycles. The van der Waals surface area contributed by atoms with Gasteiger partial charge in [0.05, 0.1) is 11.4 Å². The highest BCUT2D eigenvalue weighted by molar-refractivity contribution is 7.99. The number of aryl methyl sites for hydroxylation is 1. The van der Waals surface area contributed by atoms with Gasteiger partial charge in [0.1, 0.15) is 5.03 Å². The maximum absolute atomic E-state index is 12.0. The van der Waals surface area contributed by atoms with E-state index in [-0.39, 0.29) is 11.7 Å². The Labute approximate surface area is 144 Å². The van der Waals surface area contributed by atoms with E-state index in [0.29, 0.717) is 5.03 Å². The minimum atomic E-state index is -0.0608. The van der Waals surface area contributed by atoms with Gasteiger partial charge in [-0.2, -0.15) is 0 Å². The number of nitrogens with one attached hydrogen (secondary N) is 1. The minimum Gasteiger partial charge on any atom is -0.325 e. The zero-order chi connectivity index (χ0) is 16.8. The number of nitrogens with zero attached hydrogens (tertiary/aromatic N) is 3. The van der Waals surface area contributed by atoms with E-state index in [1.165, 1.54) is 11.8 Å². The topological polar surface area (TPSA) is 67.8 Å². The summed E-state index contributed by atoms with van der Waals surface area (Å²) < 4.78 is 0. The number of rotatable bonds is 5. The Hall–Kier alpha value is -2.73. The number of amides is 1. The first-order valence-electron chi connectivity index (χ1n) is 7.45. The van der Waals surface area contributed by atoms with Crippen molar-refractivity contribution in [1.82, 2.24) is 15.2 Å². The molecule has 0 spiro atoms. The van der Waals surface area contributed by atoms with Crippen molar-refractivity contribution in [3.05, 3.63) is 66.5 Å². The van der Waals surface area contributed by atoms with Gasteiger partial charge in [-0.15, -0.1) is 10.2 Å². The summed E-state index contributed by atoms with van der Waals surface area (Å²) in [6, 6.07) is 15.2. The lowest BCUT2D eigenvalue weighted by Gasteiger charge is -2.07. The van der Waals surface area contributed by atoms with Crippen molar-refractivity contribution in [3.63, 3.8) is 0 Å². The number of hydrogen-bond acceptors (Lipinski definition) is 5. The number of anilines is 1. The zero-order valence-corrected chi connectivity index (χ0v) is 14.0. The normalized spacial score (nSPS) is 10.4. The highest BCUT2D eigenvalue weighted by Crippen LogP contribution is 2.20. The van der Waals surface area contributed by atoms with E-state index in [2.05, 4.69) is 20.5 Å². The van der Waals surface area contributed by atoms with E-state index < -0.39 is 0 Å². The van der Waals surface area contributed by atoms with E-state index in [1.54, 1.807) is 12.4 Å². The predicted octanol–water partition coefficient (Wildman–Crippen LogP) is 3.58. The molecule has 0 unspecified atom stereocenters. The molecule has 1 N–H and O–H groups in total. The summed E-state index contributed by atoms with van der Waals surface area (Å²) >= 11 is 1.36. The van der Waals surface area contributed by atoms with Gasteiger partial charge in [0, 0.05) is 23.6 Å². The molecule has 1 amide bonds. The number of aromatic nitrogens is 3. The Morgan fingerprint density at radius 3 is 2.54 bits per heavy atom. The molecule has 0 aliphatic heterocycles. The van der Waals surface area contributed by atoms with Crippen molar-refractivity contribution >= 4 is 23.4 Å². The molecule has 2 aromatic heterocycles. The third kappa shape index (κ3) is 4.17. The Morgan fingerprint density at radius 2 is 1.83 bits per heavy atom. The maximum atomic E-state index is 12.0. The van der Waals surface area contributed by atoms with E-state index >= 15 is 0 Å². The number of pyridine rings is 1. The molecule has 6 heteroatoms. The first kappa shape index (κ1) is 16.1. The Balaban J connectivity index is 1.57. The van der Waals surface area contributed by atoms with Crippen molar-refractivity contribution in [3.8, 4) is 11.3 Å². The fourth-order valence-corrected chi connectivity index (χ4v) is 2.73. The summed E-state index contributed by atoms with van der Waals surface area (Å²) in [6.07, 6.45) is 3.44. The van der Waals surface area contributed by atoms with Crippen molar-refractivity contribution < 1.29 is 4.79 Å². The summed E-state index contributed by atoms with van der Waals surface area (Å²) in [5, 5.41) is 12.0. The molecule has 0 saturated carbocycles. The lowest BCUT2D eigenvalue weighted by molar-refractivity contribution is -0.113. The van der Waals surface area contributed by atoms with Gasteiger partial charge in [0.15, 0.2) is 0 Å². The van der Waals surface area contributed by atoms with Gasteiger partial charge in [-0.05, 0) is 42.8 Å². The summed E-state index contributed by atoms with van der Waals surface area (Å²) in [7, 11) is 0. The molecule has 0 aliphatic rings. The van der Waals surface area contributed by atoms with Gasteiger partial charge in [-0.3, -0.25) is 9.78 Å². The summed E-state index contributed by atoms with van der Waals surface area (Å²) in [5.41, 5.74) is 3.62. The van der Waals surface area contributed by atoms with E-state index in [1.807, 2.05) is 55.5 Å². The molecule has 1 aromatic carbocycles. The molecule has 0 atom stereocenters. The third-order valence-corrected chi connectivity index (χ3v) is 4.31. The molecule has 24 heavy (non-hydrogen) atoms. The molecule has 3 aromatic rings. The number of para-hydroxylation sites is 1. The molecule has 120 valence electrons. The van der Waals surface area contributed by atoms with Crippen LogP contribution in [0.25, 0.3) is 11.3 Å². The van der Waals surface area contributed by atoms with Crippen LogP contribution in [0.3, 0.4) is 0 Å². The van der Waals surface area contributed by atoms with Crippen LogP contribution < -0.4 is 5.32 Å². The monoisotopic (exact) mass is 336 g/mol. The first-order chi connectivity index (χ1) is 11.7. The van der Waals surface area contributed by atoms with E-state index in [4.69, 9.17) is 0 Å². The second kappa shape index (κ2) is 7.70. The zero-order valence-electron chi connectivity index (χ0n) is 13.1. The quantitative estimate of drug-likeness (QED) is 0.721. The molecule has 0 radical (unpaired) electrons. The second-order valence-corrected chi connectivity index (χ2v) is 6.14. The average Bonchev–Trinajstić information content (AvgIpc) is 2.63. The SMILES string of the molecule is Cc1ccccc1NC(=O)CSc1ccc(-c2ccncc2)nn1. The fraction of sp³-hybridized carbons (Fsp3) is 0.111. The third-order valence-electron chi connectivity index (χ3n) is 3.39. The second-order valence-electron chi connectivity index (χ2n) is 5.14. The number of carbonyl (C=O) groups excluding carboxylic acids is 1. The number of thioether (sulfide) groups is 1. The van der Waals surface area contributed by atoms with E-state index in [9.17, 15) is 4.79 Å². The Kier molecular flexibility index (Phi) is 5.18. The van der Waals surface area contributed by atoms with Crippen LogP contribution in [0.4, 0.5) is 5.69 Å². The van der Waals surface area contributed by atoms with Crippen LogP contribution in [0, 0.1) is 6.92 Å². The first-order valence-corrected chi connectivity index (χ1v) is 8.43. The Bertz CT molecular complexity index is 822.